The summed E-state index contributed by atoms with van der Waals surface area (Å²) in [7, 11) is 1.37. The predicted octanol–water partition coefficient (Wildman–Crippen LogP) is 3.17. The number of esters is 1. The van der Waals surface area contributed by atoms with Crippen molar-refractivity contribution in [3.8, 4) is 11.5 Å². The van der Waals surface area contributed by atoms with Crippen molar-refractivity contribution >= 4 is 23.5 Å². The summed E-state index contributed by atoms with van der Waals surface area (Å²) >= 11 is 0. The fraction of sp³-hybridized carbons (Fsp3) is 0.400. The highest BCUT2D eigenvalue weighted by Gasteiger charge is 2.31. The van der Waals surface area contributed by atoms with Gasteiger partial charge in [0.2, 0.25) is 12.0 Å². The summed E-state index contributed by atoms with van der Waals surface area (Å²) in [6.45, 7) is 6.05. The van der Waals surface area contributed by atoms with Gasteiger partial charge in [0.15, 0.2) is 12.5 Å². The Hall–Kier alpha value is -4.19. The van der Waals surface area contributed by atoms with Gasteiger partial charge < -0.3 is 29.4 Å². The largest absolute Gasteiger partial charge is 0.480 e. The van der Waals surface area contributed by atoms with E-state index in [4.69, 9.17) is 18.9 Å². The molecule has 1 unspecified atom stereocenters. The zero-order chi connectivity index (χ0) is 27.8. The van der Waals surface area contributed by atoms with E-state index in [0.29, 0.717) is 5.56 Å². The number of aliphatic carboxylic acids is 1. The quantitative estimate of drug-likeness (QED) is 0.185. The zero-order valence-electron chi connectivity index (χ0n) is 21.2. The molecule has 2 aromatic rings. The number of carbonyl (C=O) groups excluding carboxylic acids is 2. The van der Waals surface area contributed by atoms with E-state index in [1.807, 2.05) is 0 Å². The van der Waals surface area contributed by atoms with E-state index >= 15 is 0 Å². The number of carboxylic acid groups (broad SMARTS) is 1. The van der Waals surface area contributed by atoms with Crippen LogP contribution >= 0.6 is 0 Å². The maximum Gasteiger partial charge on any atom is 0.352 e. The number of nitro groups is 1. The molecule has 0 aliphatic heterocycles. The highest BCUT2D eigenvalue weighted by Crippen LogP contribution is 2.33. The molecule has 37 heavy (non-hydrogen) atoms. The molecule has 0 saturated carbocycles. The topological polar surface area (TPSA) is 164 Å². The van der Waals surface area contributed by atoms with Crippen molar-refractivity contribution in [1.82, 2.24) is 5.32 Å². The van der Waals surface area contributed by atoms with Gasteiger partial charge >= 0.3 is 17.6 Å². The SMILES string of the molecule is COCOc1ccc(C(Oc2ccc(C[C@H](NC(C)=O)C(=O)O)cc2)C(=O)OC(C)(C)C)cc1[N+](=O)[O-]. The minimum absolute atomic E-state index is 0.0276. The van der Waals surface area contributed by atoms with E-state index in [1.54, 1.807) is 32.9 Å². The number of benzene rings is 2. The Balaban J connectivity index is 2.36. The number of carboxylic acids is 1. The number of nitrogens with zero attached hydrogens (tertiary/aromatic N) is 1. The van der Waals surface area contributed by atoms with E-state index in [0.717, 1.165) is 0 Å². The van der Waals surface area contributed by atoms with Gasteiger partial charge in [-0.15, -0.1) is 0 Å². The molecule has 2 rings (SSSR count). The van der Waals surface area contributed by atoms with Crippen molar-refractivity contribution in [2.24, 2.45) is 0 Å². The second kappa shape index (κ2) is 12.7. The number of amides is 1. The molecule has 2 atom stereocenters. The van der Waals surface area contributed by atoms with Crippen LogP contribution in [0.3, 0.4) is 0 Å². The lowest BCUT2D eigenvalue weighted by Gasteiger charge is -2.25. The van der Waals surface area contributed by atoms with Gasteiger partial charge in [-0.2, -0.15) is 0 Å². The Morgan fingerprint density at radius 1 is 1.11 bits per heavy atom. The first-order chi connectivity index (χ1) is 17.3. The molecule has 0 aliphatic carbocycles. The summed E-state index contributed by atoms with van der Waals surface area (Å²) in [5, 5.41) is 23.3. The third-order valence-electron chi connectivity index (χ3n) is 4.73. The molecule has 1 amide bonds. The van der Waals surface area contributed by atoms with Gasteiger partial charge in [-0.25, -0.2) is 9.59 Å². The molecule has 0 aromatic heterocycles. The van der Waals surface area contributed by atoms with E-state index in [1.165, 1.54) is 44.4 Å². The van der Waals surface area contributed by atoms with E-state index in [9.17, 15) is 29.6 Å². The smallest absolute Gasteiger partial charge is 0.352 e. The number of hydrogen-bond donors (Lipinski definition) is 2. The number of ether oxygens (including phenoxy) is 4. The van der Waals surface area contributed by atoms with Crippen molar-refractivity contribution in [3.05, 3.63) is 63.7 Å². The average Bonchev–Trinajstić information content (AvgIpc) is 2.80. The fourth-order valence-corrected chi connectivity index (χ4v) is 3.21. The van der Waals surface area contributed by atoms with Gasteiger partial charge in [-0.1, -0.05) is 18.2 Å². The molecular weight excluding hydrogens is 488 g/mol. The molecule has 2 N–H and O–H groups in total. The molecule has 12 heteroatoms. The summed E-state index contributed by atoms with van der Waals surface area (Å²) in [5.41, 5.74) is -0.491. The van der Waals surface area contributed by atoms with Crippen LogP contribution in [-0.2, 0) is 30.3 Å². The van der Waals surface area contributed by atoms with Gasteiger partial charge in [-0.05, 0) is 44.5 Å². The molecule has 0 heterocycles. The fourth-order valence-electron chi connectivity index (χ4n) is 3.21. The first-order valence-electron chi connectivity index (χ1n) is 11.2. The van der Waals surface area contributed by atoms with E-state index < -0.39 is 40.5 Å². The molecule has 0 aliphatic rings. The Morgan fingerprint density at radius 2 is 1.76 bits per heavy atom. The monoisotopic (exact) mass is 518 g/mol. The Bertz CT molecular complexity index is 1130. The average molecular weight is 519 g/mol. The molecule has 0 spiro atoms. The van der Waals surface area contributed by atoms with Crippen molar-refractivity contribution in [1.29, 1.82) is 0 Å². The lowest BCUT2D eigenvalue weighted by molar-refractivity contribution is -0.386. The second-order valence-corrected chi connectivity index (χ2v) is 9.01. The van der Waals surface area contributed by atoms with Gasteiger partial charge in [-0.3, -0.25) is 14.9 Å². The Kier molecular flexibility index (Phi) is 9.95. The normalized spacial score (nSPS) is 12.7. The van der Waals surface area contributed by atoms with Gasteiger partial charge in [0.25, 0.3) is 0 Å². The number of methoxy groups -OCH3 is 1. The molecule has 0 bridgehead atoms. The van der Waals surface area contributed by atoms with Gasteiger partial charge in [0, 0.05) is 32.1 Å². The first-order valence-corrected chi connectivity index (χ1v) is 11.2. The number of carbonyl (C=O) groups is 3. The Morgan fingerprint density at radius 3 is 2.27 bits per heavy atom. The predicted molar refractivity (Wildman–Crippen MR) is 130 cm³/mol. The maximum atomic E-state index is 13.0. The highest BCUT2D eigenvalue weighted by atomic mass is 16.7. The number of rotatable bonds is 12. The molecule has 200 valence electrons. The third kappa shape index (κ3) is 9.08. The third-order valence-corrected chi connectivity index (χ3v) is 4.73. The standard InChI is InChI=1S/C25H30N2O10/c1-15(28)26-19(23(29)30)12-16-6-9-18(10-7-16)36-22(24(31)37-25(2,3)4)17-8-11-21(35-14-34-5)20(13-17)27(32)33/h6-11,13,19,22H,12,14H2,1-5H3,(H,26,28)(H,29,30)/t19-,22?/m0/s1. The first kappa shape index (κ1) is 29.0. The van der Waals surface area contributed by atoms with Crippen molar-refractivity contribution in [3.63, 3.8) is 0 Å². The second-order valence-electron chi connectivity index (χ2n) is 9.01. The summed E-state index contributed by atoms with van der Waals surface area (Å²) < 4.78 is 21.4. The van der Waals surface area contributed by atoms with Crippen LogP contribution in [0.25, 0.3) is 0 Å². The minimum Gasteiger partial charge on any atom is -0.480 e. The molecule has 12 nitrogen and oxygen atoms in total. The van der Waals surface area contributed by atoms with Gasteiger partial charge in [0.1, 0.15) is 17.4 Å². The van der Waals surface area contributed by atoms with Crippen LogP contribution in [0.5, 0.6) is 11.5 Å². The summed E-state index contributed by atoms with van der Waals surface area (Å²) in [4.78, 5) is 46.7. The summed E-state index contributed by atoms with van der Waals surface area (Å²) in [6, 6.07) is 9.05. The van der Waals surface area contributed by atoms with Gasteiger partial charge in [0.05, 0.1) is 4.92 Å². The van der Waals surface area contributed by atoms with Crippen LogP contribution in [0, 0.1) is 10.1 Å². The van der Waals surface area contributed by atoms with Crippen LogP contribution in [0.2, 0.25) is 0 Å². The summed E-state index contributed by atoms with van der Waals surface area (Å²) in [5.74, 6) is -2.24. The number of hydrogen-bond acceptors (Lipinski definition) is 9. The summed E-state index contributed by atoms with van der Waals surface area (Å²) in [6.07, 6.45) is -1.33. The number of nitrogens with one attached hydrogen (secondary N) is 1. The van der Waals surface area contributed by atoms with Crippen LogP contribution in [0.15, 0.2) is 42.5 Å². The molecule has 2 aromatic carbocycles. The van der Waals surface area contributed by atoms with Crippen LogP contribution in [0.1, 0.15) is 44.9 Å². The van der Waals surface area contributed by atoms with Crippen LogP contribution in [0.4, 0.5) is 5.69 Å². The molecule has 0 saturated heterocycles. The Labute approximate surface area is 213 Å². The molecule has 0 fully saturated rings. The van der Waals surface area contributed by atoms with Crippen molar-refractivity contribution < 1.29 is 43.4 Å². The van der Waals surface area contributed by atoms with E-state index in [-0.39, 0.29) is 36.0 Å². The van der Waals surface area contributed by atoms with Crippen LogP contribution < -0.4 is 14.8 Å². The lowest BCUT2D eigenvalue weighted by atomic mass is 10.1. The van der Waals surface area contributed by atoms with E-state index in [2.05, 4.69) is 5.32 Å². The maximum absolute atomic E-state index is 13.0. The highest BCUT2D eigenvalue weighted by molar-refractivity contribution is 5.82. The zero-order valence-corrected chi connectivity index (χ0v) is 21.2. The van der Waals surface area contributed by atoms with Crippen molar-refractivity contribution in [2.75, 3.05) is 13.9 Å². The molecule has 0 radical (unpaired) electrons. The number of nitro benzene ring substituents is 1. The van der Waals surface area contributed by atoms with Crippen molar-refractivity contribution in [2.45, 2.75) is 51.9 Å². The molecular formula is C25H30N2O10. The van der Waals surface area contributed by atoms with Crippen LogP contribution in [-0.4, -0.2) is 53.4 Å². The minimum atomic E-state index is -1.36. The lowest BCUT2D eigenvalue weighted by Crippen LogP contribution is -2.41.